The highest BCUT2D eigenvalue weighted by molar-refractivity contribution is 5.82. The van der Waals surface area contributed by atoms with Crippen molar-refractivity contribution >= 4 is 16.7 Å². The number of rotatable bonds is 4. The Morgan fingerprint density at radius 2 is 1.56 bits per heavy atom. The van der Waals surface area contributed by atoms with Crippen LogP contribution in [0.25, 0.3) is 22.4 Å². The fourth-order valence-corrected chi connectivity index (χ4v) is 3.03. The van der Waals surface area contributed by atoms with E-state index in [-0.39, 0.29) is 10.6 Å². The maximum atomic E-state index is 11.4. The van der Waals surface area contributed by atoms with Crippen LogP contribution in [-0.2, 0) is 6.54 Å². The van der Waals surface area contributed by atoms with E-state index in [0.717, 1.165) is 16.6 Å². The van der Waals surface area contributed by atoms with Crippen molar-refractivity contribution in [2.24, 2.45) is 0 Å². The minimum absolute atomic E-state index is 0.0621. The number of fused-ring (bicyclic) bond motifs is 1. The van der Waals surface area contributed by atoms with Gasteiger partial charge in [-0.05, 0) is 23.8 Å². The van der Waals surface area contributed by atoms with Crippen molar-refractivity contribution in [3.63, 3.8) is 0 Å². The van der Waals surface area contributed by atoms with Crippen LogP contribution in [0.1, 0.15) is 5.56 Å². The number of nitrogens with zero attached hydrogens (tertiary/aromatic N) is 3. The number of benzene rings is 3. The van der Waals surface area contributed by atoms with E-state index in [0.29, 0.717) is 17.9 Å². The van der Waals surface area contributed by atoms with Gasteiger partial charge in [0.05, 0.1) is 21.5 Å². The lowest BCUT2D eigenvalue weighted by Gasteiger charge is -2.10. The van der Waals surface area contributed by atoms with Gasteiger partial charge >= 0.3 is 0 Å². The molecule has 4 rings (SSSR count). The zero-order chi connectivity index (χ0) is 17.2. The van der Waals surface area contributed by atoms with Crippen molar-refractivity contribution in [1.29, 1.82) is 0 Å². The number of nitro benzene ring substituents is 1. The Labute approximate surface area is 144 Å². The Hall–Kier alpha value is -3.47. The zero-order valence-electron chi connectivity index (χ0n) is 13.4. The predicted octanol–water partition coefficient (Wildman–Crippen LogP) is 4.66. The summed E-state index contributed by atoms with van der Waals surface area (Å²) in [5.41, 5.74) is 3.49. The molecule has 0 aliphatic carbocycles. The number of para-hydroxylation sites is 3. The van der Waals surface area contributed by atoms with Crippen molar-refractivity contribution in [2.75, 3.05) is 0 Å². The van der Waals surface area contributed by atoms with Gasteiger partial charge in [-0.3, -0.25) is 10.1 Å². The first kappa shape index (κ1) is 15.1. The van der Waals surface area contributed by atoms with Crippen LogP contribution >= 0.6 is 0 Å². The van der Waals surface area contributed by atoms with Crippen LogP contribution in [0.3, 0.4) is 0 Å². The topological polar surface area (TPSA) is 61.0 Å². The monoisotopic (exact) mass is 329 g/mol. The Bertz CT molecular complexity index is 1050. The Balaban J connectivity index is 1.95. The van der Waals surface area contributed by atoms with Crippen LogP contribution in [0.4, 0.5) is 5.69 Å². The second-order valence-corrected chi connectivity index (χ2v) is 5.77. The van der Waals surface area contributed by atoms with Gasteiger partial charge in [-0.15, -0.1) is 0 Å². The molecule has 0 aliphatic rings. The zero-order valence-corrected chi connectivity index (χ0v) is 13.4. The van der Waals surface area contributed by atoms with E-state index in [2.05, 4.69) is 4.98 Å². The second-order valence-electron chi connectivity index (χ2n) is 5.77. The van der Waals surface area contributed by atoms with Gasteiger partial charge < -0.3 is 4.57 Å². The highest BCUT2D eigenvalue weighted by Crippen LogP contribution is 2.32. The summed E-state index contributed by atoms with van der Waals surface area (Å²) in [5.74, 6) is 0.609. The van der Waals surface area contributed by atoms with Gasteiger partial charge in [0.1, 0.15) is 5.82 Å². The second kappa shape index (κ2) is 6.20. The molecular weight excluding hydrogens is 314 g/mol. The molecule has 0 unspecified atom stereocenters. The lowest BCUT2D eigenvalue weighted by molar-refractivity contribution is -0.384. The average molecular weight is 329 g/mol. The van der Waals surface area contributed by atoms with Crippen LogP contribution in [0.15, 0.2) is 78.9 Å². The molecule has 0 saturated carbocycles. The summed E-state index contributed by atoms with van der Waals surface area (Å²) in [6.07, 6.45) is 0. The number of hydrogen-bond acceptors (Lipinski definition) is 3. The van der Waals surface area contributed by atoms with E-state index in [4.69, 9.17) is 0 Å². The SMILES string of the molecule is O=[N+]([O-])c1ccccc1-c1nc2ccccc2n1Cc1ccccc1. The molecule has 4 aromatic rings. The summed E-state index contributed by atoms with van der Waals surface area (Å²) in [4.78, 5) is 15.8. The van der Waals surface area contributed by atoms with E-state index in [9.17, 15) is 10.1 Å². The molecule has 25 heavy (non-hydrogen) atoms. The first-order chi connectivity index (χ1) is 12.2. The maximum Gasteiger partial charge on any atom is 0.280 e. The van der Waals surface area contributed by atoms with E-state index in [1.807, 2.05) is 59.2 Å². The summed E-state index contributed by atoms with van der Waals surface area (Å²) in [7, 11) is 0. The van der Waals surface area contributed by atoms with Crippen molar-refractivity contribution in [2.45, 2.75) is 6.54 Å². The van der Waals surface area contributed by atoms with Crippen molar-refractivity contribution < 1.29 is 4.92 Å². The minimum Gasteiger partial charge on any atom is -0.319 e. The molecule has 0 amide bonds. The van der Waals surface area contributed by atoms with Crippen molar-refractivity contribution in [1.82, 2.24) is 9.55 Å². The third kappa shape index (κ3) is 2.76. The minimum atomic E-state index is -0.360. The Morgan fingerprint density at radius 1 is 0.880 bits per heavy atom. The third-order valence-electron chi connectivity index (χ3n) is 4.18. The average Bonchev–Trinajstić information content (AvgIpc) is 3.01. The normalized spacial score (nSPS) is 10.9. The predicted molar refractivity (Wildman–Crippen MR) is 97.4 cm³/mol. The van der Waals surface area contributed by atoms with Crippen LogP contribution < -0.4 is 0 Å². The molecule has 0 aliphatic heterocycles. The van der Waals surface area contributed by atoms with Gasteiger partial charge in [0, 0.05) is 12.6 Å². The van der Waals surface area contributed by atoms with E-state index < -0.39 is 0 Å². The van der Waals surface area contributed by atoms with E-state index in [1.54, 1.807) is 18.2 Å². The molecule has 5 heteroatoms. The molecule has 0 fully saturated rings. The quantitative estimate of drug-likeness (QED) is 0.404. The molecular formula is C20H15N3O2. The smallest absolute Gasteiger partial charge is 0.280 e. The molecule has 0 bridgehead atoms. The number of nitro groups is 1. The first-order valence-corrected chi connectivity index (χ1v) is 7.97. The van der Waals surface area contributed by atoms with Crippen LogP contribution in [0.5, 0.6) is 0 Å². The Morgan fingerprint density at radius 3 is 2.36 bits per heavy atom. The van der Waals surface area contributed by atoms with Gasteiger partial charge in [0.25, 0.3) is 5.69 Å². The highest BCUT2D eigenvalue weighted by atomic mass is 16.6. The van der Waals surface area contributed by atoms with E-state index >= 15 is 0 Å². The fraction of sp³-hybridized carbons (Fsp3) is 0.0500. The summed E-state index contributed by atoms with van der Waals surface area (Å²) in [6, 6.07) is 24.5. The van der Waals surface area contributed by atoms with Gasteiger partial charge in [-0.25, -0.2) is 4.98 Å². The van der Waals surface area contributed by atoms with Crippen LogP contribution in [0.2, 0.25) is 0 Å². The maximum absolute atomic E-state index is 11.4. The molecule has 0 spiro atoms. The molecule has 0 radical (unpaired) electrons. The lowest BCUT2D eigenvalue weighted by atomic mass is 10.1. The molecule has 1 aromatic heterocycles. The molecule has 1 heterocycles. The first-order valence-electron chi connectivity index (χ1n) is 7.97. The summed E-state index contributed by atoms with van der Waals surface area (Å²) in [5, 5.41) is 11.4. The van der Waals surface area contributed by atoms with Crippen molar-refractivity contribution in [3.05, 3.63) is 94.5 Å². The molecule has 3 aromatic carbocycles. The highest BCUT2D eigenvalue weighted by Gasteiger charge is 2.20. The summed E-state index contributed by atoms with van der Waals surface area (Å²) in [6.45, 7) is 0.600. The molecule has 5 nitrogen and oxygen atoms in total. The lowest BCUT2D eigenvalue weighted by Crippen LogP contribution is -2.03. The van der Waals surface area contributed by atoms with Crippen LogP contribution in [0, 0.1) is 10.1 Å². The summed E-state index contributed by atoms with van der Waals surface area (Å²) < 4.78 is 2.03. The number of aromatic nitrogens is 2. The number of imidazole rings is 1. The molecule has 0 N–H and O–H groups in total. The van der Waals surface area contributed by atoms with Gasteiger partial charge in [-0.2, -0.15) is 0 Å². The molecule has 0 saturated heterocycles. The van der Waals surface area contributed by atoms with Crippen LogP contribution in [-0.4, -0.2) is 14.5 Å². The number of hydrogen-bond donors (Lipinski definition) is 0. The van der Waals surface area contributed by atoms with Crippen molar-refractivity contribution in [3.8, 4) is 11.4 Å². The van der Waals surface area contributed by atoms with Gasteiger partial charge in [0.2, 0.25) is 0 Å². The summed E-state index contributed by atoms with van der Waals surface area (Å²) >= 11 is 0. The van der Waals surface area contributed by atoms with Gasteiger partial charge in [0.15, 0.2) is 0 Å². The fourth-order valence-electron chi connectivity index (χ4n) is 3.03. The molecule has 122 valence electrons. The Kier molecular flexibility index (Phi) is 3.74. The van der Waals surface area contributed by atoms with Gasteiger partial charge in [-0.1, -0.05) is 54.6 Å². The molecule has 0 atom stereocenters. The third-order valence-corrected chi connectivity index (χ3v) is 4.18. The van der Waals surface area contributed by atoms with E-state index in [1.165, 1.54) is 6.07 Å². The largest absolute Gasteiger partial charge is 0.319 e. The standard InChI is InChI=1S/C20H15N3O2/c24-23(25)18-12-6-4-10-16(18)20-21-17-11-5-7-13-19(17)22(20)14-15-8-2-1-3-9-15/h1-13H,14H2.